The second-order valence-electron chi connectivity index (χ2n) is 6.73. The fraction of sp³-hybridized carbons (Fsp3) is 0.579. The molecule has 0 spiro atoms. The van der Waals surface area contributed by atoms with E-state index >= 15 is 0 Å². The summed E-state index contributed by atoms with van der Waals surface area (Å²) < 4.78 is 0. The Bertz CT molecular complexity index is 436. The maximum Gasteiger partial charge on any atom is 0.0384 e. The minimum Gasteiger partial charge on any atom is -0.373 e. The predicted octanol–water partition coefficient (Wildman–Crippen LogP) is 4.49. The van der Waals surface area contributed by atoms with Crippen molar-refractivity contribution in [2.24, 2.45) is 0 Å². The van der Waals surface area contributed by atoms with Gasteiger partial charge in [-0.15, -0.1) is 0 Å². The highest BCUT2D eigenvalue weighted by molar-refractivity contribution is 5.26. The van der Waals surface area contributed by atoms with Crippen molar-refractivity contribution in [3.05, 3.63) is 46.8 Å². The monoisotopic (exact) mass is 286 g/mol. The third-order valence-electron chi connectivity index (χ3n) is 4.02. The zero-order valence-corrected chi connectivity index (χ0v) is 14.2. The van der Waals surface area contributed by atoms with Crippen LogP contribution < -0.4 is 0 Å². The lowest BCUT2D eigenvalue weighted by Crippen LogP contribution is -2.25. The van der Waals surface area contributed by atoms with E-state index in [2.05, 4.69) is 62.0 Å². The van der Waals surface area contributed by atoms with Crippen molar-refractivity contribution >= 4 is 0 Å². The molecule has 2 heteroatoms. The molecule has 2 rings (SSSR count). The molecule has 0 N–H and O–H groups in total. The van der Waals surface area contributed by atoms with Crippen molar-refractivity contribution in [3.8, 4) is 0 Å². The molecule has 2 heterocycles. The summed E-state index contributed by atoms with van der Waals surface area (Å²) >= 11 is 0. The summed E-state index contributed by atoms with van der Waals surface area (Å²) in [5.41, 5.74) is 5.72. The molecule has 0 aromatic carbocycles. The minimum atomic E-state index is 1.11. The normalized spacial score (nSPS) is 19.0. The third kappa shape index (κ3) is 5.45. The lowest BCUT2D eigenvalue weighted by Gasteiger charge is -2.26. The van der Waals surface area contributed by atoms with E-state index in [4.69, 9.17) is 0 Å². The van der Waals surface area contributed by atoms with Crippen molar-refractivity contribution in [1.82, 2.24) is 9.80 Å². The number of rotatable bonds is 6. The summed E-state index contributed by atoms with van der Waals surface area (Å²) in [5.74, 6) is 0. The molecule has 0 fully saturated rings. The molecule has 0 saturated carbocycles. The molecule has 21 heavy (non-hydrogen) atoms. The van der Waals surface area contributed by atoms with Crippen molar-refractivity contribution in [3.63, 3.8) is 0 Å². The van der Waals surface area contributed by atoms with E-state index in [9.17, 15) is 0 Å². The Morgan fingerprint density at radius 2 is 1.14 bits per heavy atom. The average Bonchev–Trinajstić information content (AvgIpc) is 2.36. The first kappa shape index (κ1) is 15.9. The van der Waals surface area contributed by atoms with E-state index in [0.717, 1.165) is 13.1 Å². The summed E-state index contributed by atoms with van der Waals surface area (Å²) in [5, 5.41) is 0. The predicted molar refractivity (Wildman–Crippen MR) is 92.0 cm³/mol. The van der Waals surface area contributed by atoms with Crippen LogP contribution in [0.3, 0.4) is 0 Å². The highest BCUT2D eigenvalue weighted by Gasteiger charge is 2.08. The Morgan fingerprint density at radius 3 is 1.52 bits per heavy atom. The number of nitrogens with zero attached hydrogens (tertiary/aromatic N) is 2. The maximum atomic E-state index is 2.46. The van der Waals surface area contributed by atoms with Crippen molar-refractivity contribution in [1.29, 1.82) is 0 Å². The summed E-state index contributed by atoms with van der Waals surface area (Å²) in [4.78, 5) is 4.92. The van der Waals surface area contributed by atoms with Gasteiger partial charge in [-0.25, -0.2) is 0 Å². The van der Waals surface area contributed by atoms with Crippen LogP contribution in [0.1, 0.15) is 47.0 Å². The zero-order valence-electron chi connectivity index (χ0n) is 14.2. The van der Waals surface area contributed by atoms with Crippen LogP contribution in [0.5, 0.6) is 0 Å². The Balaban J connectivity index is 1.61. The highest BCUT2D eigenvalue weighted by atomic mass is 15.1. The molecule has 0 aliphatic carbocycles. The largest absolute Gasteiger partial charge is 0.373 e. The number of unbranched alkanes of at least 4 members (excludes halogenated alkanes) is 2. The second kappa shape index (κ2) is 7.53. The molecule has 0 aromatic heterocycles. The molecule has 0 saturated heterocycles. The first-order valence-electron chi connectivity index (χ1n) is 8.22. The SMILES string of the molecule is CC1=CN(CCCCCN2C=C(C)C=C(C)C2)CC(C)=C1. The fourth-order valence-corrected chi connectivity index (χ4v) is 3.34. The van der Waals surface area contributed by atoms with E-state index in [1.807, 2.05) is 0 Å². The molecule has 116 valence electrons. The van der Waals surface area contributed by atoms with Crippen molar-refractivity contribution < 1.29 is 0 Å². The number of allylic oxidation sites excluding steroid dienone is 4. The van der Waals surface area contributed by atoms with Crippen LogP contribution in [-0.2, 0) is 0 Å². The van der Waals surface area contributed by atoms with Gasteiger partial charge in [0.1, 0.15) is 0 Å². The van der Waals surface area contributed by atoms with Gasteiger partial charge in [-0.3, -0.25) is 0 Å². The van der Waals surface area contributed by atoms with Gasteiger partial charge in [-0.2, -0.15) is 0 Å². The lowest BCUT2D eigenvalue weighted by atomic mass is 10.1. The first-order chi connectivity index (χ1) is 10.0. The molecule has 0 radical (unpaired) electrons. The van der Waals surface area contributed by atoms with E-state index in [1.165, 1.54) is 54.6 Å². The molecular weight excluding hydrogens is 256 g/mol. The van der Waals surface area contributed by atoms with Crippen LogP contribution in [0.25, 0.3) is 0 Å². The Kier molecular flexibility index (Phi) is 5.72. The number of hydrogen-bond donors (Lipinski definition) is 0. The topological polar surface area (TPSA) is 6.48 Å². The number of hydrogen-bond acceptors (Lipinski definition) is 2. The van der Waals surface area contributed by atoms with Gasteiger partial charge in [0.15, 0.2) is 0 Å². The molecule has 0 unspecified atom stereocenters. The lowest BCUT2D eigenvalue weighted by molar-refractivity contribution is 0.356. The summed E-state index contributed by atoms with van der Waals surface area (Å²) in [6, 6.07) is 0. The van der Waals surface area contributed by atoms with Crippen LogP contribution >= 0.6 is 0 Å². The Labute approximate surface area is 130 Å². The summed E-state index contributed by atoms with van der Waals surface area (Å²) in [6.07, 6.45) is 13.1. The summed E-state index contributed by atoms with van der Waals surface area (Å²) in [7, 11) is 0. The van der Waals surface area contributed by atoms with E-state index < -0.39 is 0 Å². The smallest absolute Gasteiger partial charge is 0.0384 e. The quantitative estimate of drug-likeness (QED) is 0.664. The molecule has 2 aliphatic heterocycles. The molecule has 0 atom stereocenters. The molecule has 0 amide bonds. The third-order valence-corrected chi connectivity index (χ3v) is 4.02. The van der Waals surface area contributed by atoms with Gasteiger partial charge in [0.2, 0.25) is 0 Å². The first-order valence-corrected chi connectivity index (χ1v) is 8.22. The van der Waals surface area contributed by atoms with Crippen molar-refractivity contribution in [2.75, 3.05) is 26.2 Å². The van der Waals surface area contributed by atoms with Crippen molar-refractivity contribution in [2.45, 2.75) is 47.0 Å². The minimum absolute atomic E-state index is 1.11. The molecule has 0 bridgehead atoms. The zero-order chi connectivity index (χ0) is 15.2. The van der Waals surface area contributed by atoms with Gasteiger partial charge < -0.3 is 9.80 Å². The van der Waals surface area contributed by atoms with Gasteiger partial charge in [0.25, 0.3) is 0 Å². The van der Waals surface area contributed by atoms with E-state index in [0.29, 0.717) is 0 Å². The van der Waals surface area contributed by atoms with Crippen LogP contribution in [0.15, 0.2) is 46.8 Å². The van der Waals surface area contributed by atoms with Crippen LogP contribution in [0.4, 0.5) is 0 Å². The van der Waals surface area contributed by atoms with Gasteiger partial charge in [0.05, 0.1) is 0 Å². The maximum absolute atomic E-state index is 2.46. The van der Waals surface area contributed by atoms with Gasteiger partial charge in [-0.05, 0) is 58.1 Å². The molecule has 0 aromatic rings. The van der Waals surface area contributed by atoms with E-state index in [1.54, 1.807) is 0 Å². The van der Waals surface area contributed by atoms with Crippen LogP contribution in [0.2, 0.25) is 0 Å². The molecule has 2 aliphatic rings. The Hall–Kier alpha value is -1.44. The molecule has 2 nitrogen and oxygen atoms in total. The standard InChI is InChI=1S/C19H30N2/c1-16-10-17(2)13-20(12-16)8-6-5-7-9-21-14-18(3)11-19(4)15-21/h10-12,14H,5-9,13,15H2,1-4H3. The fourth-order valence-electron chi connectivity index (χ4n) is 3.34. The highest BCUT2D eigenvalue weighted by Crippen LogP contribution is 2.15. The van der Waals surface area contributed by atoms with Gasteiger partial charge in [0, 0.05) is 38.6 Å². The van der Waals surface area contributed by atoms with Crippen LogP contribution in [0, 0.1) is 0 Å². The van der Waals surface area contributed by atoms with Crippen LogP contribution in [-0.4, -0.2) is 36.0 Å². The second-order valence-corrected chi connectivity index (χ2v) is 6.73. The summed E-state index contributed by atoms with van der Waals surface area (Å²) in [6.45, 7) is 13.4. The average molecular weight is 286 g/mol. The Morgan fingerprint density at radius 1 is 0.714 bits per heavy atom. The van der Waals surface area contributed by atoms with Gasteiger partial charge >= 0.3 is 0 Å². The van der Waals surface area contributed by atoms with Gasteiger partial charge in [-0.1, -0.05) is 23.3 Å². The van der Waals surface area contributed by atoms with E-state index in [-0.39, 0.29) is 0 Å². The molecular formula is C19H30N2.